The van der Waals surface area contributed by atoms with E-state index in [1.54, 1.807) is 36.7 Å². The Hall–Kier alpha value is -3.11. The van der Waals surface area contributed by atoms with Gasteiger partial charge in [-0.2, -0.15) is 15.0 Å². The summed E-state index contributed by atoms with van der Waals surface area (Å²) in [7, 11) is -4.01. The number of sulfonamides is 1. The Bertz CT molecular complexity index is 1110. The Balaban J connectivity index is 1.52. The van der Waals surface area contributed by atoms with Crippen LogP contribution in [-0.4, -0.2) is 35.4 Å². The van der Waals surface area contributed by atoms with Crippen molar-refractivity contribution in [3.05, 3.63) is 66.2 Å². The lowest BCUT2D eigenvalue weighted by atomic mass is 10.2. The molecule has 28 heavy (non-hydrogen) atoms. The minimum absolute atomic E-state index is 0.0374. The van der Waals surface area contributed by atoms with Crippen LogP contribution in [-0.2, 0) is 10.0 Å². The molecule has 2 aromatic carbocycles. The normalized spacial score (nSPS) is 14.0. The molecule has 3 aromatic rings. The molecule has 0 atom stereocenters. The van der Waals surface area contributed by atoms with Gasteiger partial charge < -0.3 is 5.32 Å². The predicted octanol–water partition coefficient (Wildman–Crippen LogP) is 2.10. The smallest absolute Gasteiger partial charge is 0.255 e. The van der Waals surface area contributed by atoms with E-state index in [4.69, 9.17) is 0 Å². The largest absolute Gasteiger partial charge is 0.322 e. The van der Waals surface area contributed by atoms with Gasteiger partial charge in [0.1, 0.15) is 10.7 Å². The van der Waals surface area contributed by atoms with Crippen LogP contribution in [0.1, 0.15) is 23.2 Å². The van der Waals surface area contributed by atoms with Gasteiger partial charge in [0, 0.05) is 17.3 Å². The SMILES string of the molecule is O=C(Nc1ccc(-n2nccn2)cc1)c1ccc(F)c(S(=O)(=O)NC2CC2)c1. The maximum absolute atomic E-state index is 14.0. The van der Waals surface area contributed by atoms with Crippen molar-refractivity contribution in [2.24, 2.45) is 0 Å². The first-order valence-electron chi connectivity index (χ1n) is 8.52. The lowest BCUT2D eigenvalue weighted by Crippen LogP contribution is -2.27. The van der Waals surface area contributed by atoms with Crippen LogP contribution in [0.4, 0.5) is 10.1 Å². The molecule has 8 nitrogen and oxygen atoms in total. The third-order valence-electron chi connectivity index (χ3n) is 4.16. The number of halogens is 1. The second-order valence-corrected chi connectivity index (χ2v) is 8.04. The molecule has 0 saturated heterocycles. The summed E-state index contributed by atoms with van der Waals surface area (Å²) in [5.41, 5.74) is 1.24. The topological polar surface area (TPSA) is 106 Å². The van der Waals surface area contributed by atoms with E-state index in [1.807, 2.05) is 0 Å². The van der Waals surface area contributed by atoms with Crippen molar-refractivity contribution in [1.29, 1.82) is 0 Å². The monoisotopic (exact) mass is 401 g/mol. The van der Waals surface area contributed by atoms with Gasteiger partial charge in [0.05, 0.1) is 18.1 Å². The van der Waals surface area contributed by atoms with Gasteiger partial charge in [-0.05, 0) is 55.3 Å². The minimum Gasteiger partial charge on any atom is -0.322 e. The number of aromatic nitrogens is 3. The summed E-state index contributed by atoms with van der Waals surface area (Å²) in [5, 5.41) is 10.7. The van der Waals surface area contributed by atoms with Gasteiger partial charge in [-0.1, -0.05) is 0 Å². The predicted molar refractivity (Wildman–Crippen MR) is 99.1 cm³/mol. The van der Waals surface area contributed by atoms with Crippen LogP contribution in [0.3, 0.4) is 0 Å². The highest BCUT2D eigenvalue weighted by Gasteiger charge is 2.30. The lowest BCUT2D eigenvalue weighted by Gasteiger charge is -2.10. The van der Waals surface area contributed by atoms with Crippen molar-refractivity contribution < 1.29 is 17.6 Å². The van der Waals surface area contributed by atoms with Crippen molar-refractivity contribution >= 4 is 21.6 Å². The molecular weight excluding hydrogens is 385 g/mol. The van der Waals surface area contributed by atoms with E-state index in [2.05, 4.69) is 20.2 Å². The number of benzene rings is 2. The van der Waals surface area contributed by atoms with E-state index in [1.165, 1.54) is 10.9 Å². The average molecular weight is 401 g/mol. The third kappa shape index (κ3) is 3.92. The molecule has 1 heterocycles. The van der Waals surface area contributed by atoms with Crippen LogP contribution in [0, 0.1) is 5.82 Å². The zero-order valence-corrected chi connectivity index (χ0v) is 15.4. The fraction of sp³-hybridized carbons (Fsp3) is 0.167. The number of nitrogens with zero attached hydrogens (tertiary/aromatic N) is 3. The number of anilines is 1. The average Bonchev–Trinajstić information content (AvgIpc) is 3.30. The van der Waals surface area contributed by atoms with Crippen LogP contribution < -0.4 is 10.0 Å². The van der Waals surface area contributed by atoms with Crippen molar-refractivity contribution in [2.75, 3.05) is 5.32 Å². The first-order valence-corrected chi connectivity index (χ1v) is 10.0. The quantitative estimate of drug-likeness (QED) is 0.658. The number of carbonyl (C=O) groups excluding carboxylic acids is 1. The molecule has 0 radical (unpaired) electrons. The number of amides is 1. The molecule has 1 aliphatic carbocycles. The highest BCUT2D eigenvalue weighted by Crippen LogP contribution is 2.24. The molecule has 2 N–H and O–H groups in total. The molecule has 1 aliphatic rings. The highest BCUT2D eigenvalue weighted by molar-refractivity contribution is 7.89. The maximum Gasteiger partial charge on any atom is 0.255 e. The number of hydrogen-bond acceptors (Lipinski definition) is 5. The Morgan fingerprint density at radius 2 is 1.75 bits per heavy atom. The van der Waals surface area contributed by atoms with E-state index in [0.29, 0.717) is 11.4 Å². The highest BCUT2D eigenvalue weighted by atomic mass is 32.2. The molecule has 1 aromatic heterocycles. The molecule has 144 valence electrons. The van der Waals surface area contributed by atoms with Crippen molar-refractivity contribution in [3.8, 4) is 5.69 Å². The van der Waals surface area contributed by atoms with Crippen LogP contribution in [0.25, 0.3) is 5.69 Å². The van der Waals surface area contributed by atoms with Crippen LogP contribution in [0.5, 0.6) is 0 Å². The van der Waals surface area contributed by atoms with E-state index in [0.717, 1.165) is 25.0 Å². The number of rotatable bonds is 6. The minimum atomic E-state index is -4.01. The van der Waals surface area contributed by atoms with Gasteiger partial charge >= 0.3 is 0 Å². The molecule has 0 spiro atoms. The fourth-order valence-electron chi connectivity index (χ4n) is 2.57. The molecule has 1 amide bonds. The zero-order chi connectivity index (χ0) is 19.7. The van der Waals surface area contributed by atoms with Gasteiger partial charge in [-0.3, -0.25) is 4.79 Å². The summed E-state index contributed by atoms with van der Waals surface area (Å²) in [6, 6.07) is 9.84. The molecule has 4 rings (SSSR count). The Kier molecular flexibility index (Phi) is 4.65. The van der Waals surface area contributed by atoms with Crippen molar-refractivity contribution in [1.82, 2.24) is 19.7 Å². The van der Waals surface area contributed by atoms with Crippen molar-refractivity contribution in [3.63, 3.8) is 0 Å². The van der Waals surface area contributed by atoms with Crippen LogP contribution in [0.2, 0.25) is 0 Å². The molecular formula is C18H16FN5O3S. The Labute approximate surface area is 160 Å². The second kappa shape index (κ2) is 7.13. The van der Waals surface area contributed by atoms with E-state index >= 15 is 0 Å². The van der Waals surface area contributed by atoms with Gasteiger partial charge in [-0.15, -0.1) is 0 Å². The van der Waals surface area contributed by atoms with Crippen molar-refractivity contribution in [2.45, 2.75) is 23.8 Å². The molecule has 1 saturated carbocycles. The van der Waals surface area contributed by atoms with E-state index < -0.39 is 26.6 Å². The summed E-state index contributed by atoms with van der Waals surface area (Å²) in [4.78, 5) is 13.4. The summed E-state index contributed by atoms with van der Waals surface area (Å²) < 4.78 is 41.0. The maximum atomic E-state index is 14.0. The summed E-state index contributed by atoms with van der Waals surface area (Å²) >= 11 is 0. The Morgan fingerprint density at radius 1 is 1.07 bits per heavy atom. The number of hydrogen-bond donors (Lipinski definition) is 2. The first-order chi connectivity index (χ1) is 13.4. The number of nitrogens with one attached hydrogen (secondary N) is 2. The third-order valence-corrected chi connectivity index (χ3v) is 5.69. The molecule has 0 unspecified atom stereocenters. The van der Waals surface area contributed by atoms with Gasteiger partial charge in [0.15, 0.2) is 0 Å². The Morgan fingerprint density at radius 3 is 2.39 bits per heavy atom. The summed E-state index contributed by atoms with van der Waals surface area (Å²) in [5.74, 6) is -1.45. The molecule has 0 bridgehead atoms. The van der Waals surface area contributed by atoms with Crippen LogP contribution in [0.15, 0.2) is 59.8 Å². The molecule has 0 aliphatic heterocycles. The van der Waals surface area contributed by atoms with E-state index in [9.17, 15) is 17.6 Å². The summed E-state index contributed by atoms with van der Waals surface area (Å²) in [6.45, 7) is 0. The summed E-state index contributed by atoms with van der Waals surface area (Å²) in [6.07, 6.45) is 4.55. The fourth-order valence-corrected chi connectivity index (χ4v) is 3.97. The zero-order valence-electron chi connectivity index (χ0n) is 14.5. The first kappa shape index (κ1) is 18.3. The lowest BCUT2D eigenvalue weighted by molar-refractivity contribution is 0.102. The number of carbonyl (C=O) groups is 1. The molecule has 10 heteroatoms. The molecule has 1 fully saturated rings. The standard InChI is InChI=1S/C18H16FN5O3S/c19-16-8-1-12(11-17(16)28(26,27)23-14-2-3-14)18(25)22-13-4-6-15(7-5-13)24-20-9-10-21-24/h1,4-11,14,23H,2-3H2,(H,22,25). The van der Waals surface area contributed by atoms with Gasteiger partial charge in [0.2, 0.25) is 10.0 Å². The second-order valence-electron chi connectivity index (χ2n) is 6.36. The van der Waals surface area contributed by atoms with E-state index in [-0.39, 0.29) is 11.6 Å². The van der Waals surface area contributed by atoms with Gasteiger partial charge in [-0.25, -0.2) is 17.5 Å². The van der Waals surface area contributed by atoms with Gasteiger partial charge in [0.25, 0.3) is 5.91 Å². The van der Waals surface area contributed by atoms with Crippen LogP contribution >= 0.6 is 0 Å².